The van der Waals surface area contributed by atoms with Gasteiger partial charge < -0.3 is 14.6 Å². The van der Waals surface area contributed by atoms with Crippen LogP contribution in [0.4, 0.5) is 4.79 Å². The molecule has 3 heterocycles. The summed E-state index contributed by atoms with van der Waals surface area (Å²) in [5, 5.41) is 12.0. The van der Waals surface area contributed by atoms with Gasteiger partial charge in [-0.1, -0.05) is 11.6 Å². The van der Waals surface area contributed by atoms with Gasteiger partial charge >= 0.3 is 6.09 Å². The van der Waals surface area contributed by atoms with Crippen LogP contribution in [0.5, 0.6) is 0 Å². The fourth-order valence-corrected chi connectivity index (χ4v) is 6.32. The number of thiazole rings is 1. The number of carboxylic acid groups (broad SMARTS) is 1. The molecule has 9 nitrogen and oxygen atoms in total. The standard InChI is InChI=1S/C21H23ClN4O5S2/c1-24-9-10-32-20(24)23-16-4-7-25(8-5-16)18(27)6-11-33(30,31)19-13-14-12-15(22)2-3-17(14)26(19)21(28)29/h2-3,9-10,12-13,16H,4-8,11H2,1H3,(H,28,29)/b23-20-. The minimum atomic E-state index is -4.02. The van der Waals surface area contributed by atoms with E-state index in [-0.39, 0.29) is 28.9 Å². The number of piperidine rings is 1. The van der Waals surface area contributed by atoms with Crippen LogP contribution in [0.3, 0.4) is 0 Å². The predicted molar refractivity (Wildman–Crippen MR) is 125 cm³/mol. The first-order valence-electron chi connectivity index (χ1n) is 10.3. The van der Waals surface area contributed by atoms with Crippen molar-refractivity contribution in [3.05, 3.63) is 45.7 Å². The number of nitrogens with zero attached hydrogens (tertiary/aromatic N) is 4. The van der Waals surface area contributed by atoms with Gasteiger partial charge in [0.2, 0.25) is 5.91 Å². The number of rotatable bonds is 5. The summed E-state index contributed by atoms with van der Waals surface area (Å²) >= 11 is 7.52. The molecule has 1 N–H and O–H groups in total. The van der Waals surface area contributed by atoms with Crippen LogP contribution in [-0.2, 0) is 21.7 Å². The zero-order chi connectivity index (χ0) is 23.8. The van der Waals surface area contributed by atoms with Crippen LogP contribution in [0.2, 0.25) is 5.02 Å². The molecular weight excluding hydrogens is 488 g/mol. The predicted octanol–water partition coefficient (Wildman–Crippen LogP) is 2.98. The number of halogens is 1. The number of aryl methyl sites for hydroxylation is 1. The highest BCUT2D eigenvalue weighted by Gasteiger charge is 2.28. The lowest BCUT2D eigenvalue weighted by Crippen LogP contribution is -2.40. The molecule has 1 amide bonds. The highest BCUT2D eigenvalue weighted by Crippen LogP contribution is 2.27. The number of carbonyl (C=O) groups is 2. The van der Waals surface area contributed by atoms with Crippen molar-refractivity contribution in [2.24, 2.45) is 12.0 Å². The molecule has 3 aromatic rings. The third kappa shape index (κ3) is 4.99. The van der Waals surface area contributed by atoms with Crippen molar-refractivity contribution in [1.82, 2.24) is 14.0 Å². The monoisotopic (exact) mass is 510 g/mol. The quantitative estimate of drug-likeness (QED) is 0.566. The van der Waals surface area contributed by atoms with Crippen molar-refractivity contribution in [3.63, 3.8) is 0 Å². The molecule has 0 unspecified atom stereocenters. The molecule has 1 fully saturated rings. The molecular formula is C21H23ClN4O5S2. The number of carbonyl (C=O) groups excluding carboxylic acids is 1. The lowest BCUT2D eigenvalue weighted by Gasteiger charge is -2.30. The summed E-state index contributed by atoms with van der Waals surface area (Å²) in [4.78, 5) is 31.8. The largest absolute Gasteiger partial charge is 0.464 e. The number of hydrogen-bond acceptors (Lipinski definition) is 6. The first-order valence-corrected chi connectivity index (χ1v) is 13.3. The Bertz CT molecular complexity index is 1380. The fraction of sp³-hybridized carbons (Fsp3) is 0.381. The van der Waals surface area contributed by atoms with Crippen molar-refractivity contribution < 1.29 is 23.1 Å². The zero-order valence-electron chi connectivity index (χ0n) is 17.8. The topological polar surface area (TPSA) is 114 Å². The second kappa shape index (κ2) is 9.32. The maximum Gasteiger partial charge on any atom is 0.417 e. The summed E-state index contributed by atoms with van der Waals surface area (Å²) in [7, 11) is -2.09. The van der Waals surface area contributed by atoms with Gasteiger partial charge in [-0.05, 0) is 37.1 Å². The minimum Gasteiger partial charge on any atom is -0.464 e. The van der Waals surface area contributed by atoms with Crippen molar-refractivity contribution in [2.75, 3.05) is 18.8 Å². The Labute approximate surface area is 199 Å². The summed E-state index contributed by atoms with van der Waals surface area (Å²) in [5.74, 6) is -0.738. The smallest absolute Gasteiger partial charge is 0.417 e. The van der Waals surface area contributed by atoms with Crippen LogP contribution >= 0.6 is 22.9 Å². The number of aromatic nitrogens is 2. The third-order valence-corrected chi connectivity index (χ3v) is 8.47. The number of hydrogen-bond donors (Lipinski definition) is 1. The van der Waals surface area contributed by atoms with E-state index in [1.165, 1.54) is 24.3 Å². The van der Waals surface area contributed by atoms with E-state index in [4.69, 9.17) is 16.6 Å². The fourth-order valence-electron chi connectivity index (χ4n) is 3.92. The van der Waals surface area contributed by atoms with Gasteiger partial charge in [0.15, 0.2) is 14.6 Å². The second-order valence-electron chi connectivity index (χ2n) is 7.91. The van der Waals surface area contributed by atoms with Crippen molar-refractivity contribution in [2.45, 2.75) is 30.3 Å². The van der Waals surface area contributed by atoms with Gasteiger partial charge in [0, 0.05) is 48.5 Å². The van der Waals surface area contributed by atoms with Crippen LogP contribution < -0.4 is 4.80 Å². The summed E-state index contributed by atoms with van der Waals surface area (Å²) in [6.45, 7) is 1.02. The summed E-state index contributed by atoms with van der Waals surface area (Å²) in [6, 6.07) is 5.87. The molecule has 176 valence electrons. The molecule has 0 radical (unpaired) electrons. The number of amides is 1. The number of fused-ring (bicyclic) bond motifs is 1. The SMILES string of the molecule is Cn1ccs/c1=N\C1CCN(C(=O)CCS(=O)(=O)c2cc3cc(Cl)ccc3n2C(=O)O)CC1. The minimum absolute atomic E-state index is 0.126. The highest BCUT2D eigenvalue weighted by molar-refractivity contribution is 7.91. The van der Waals surface area contributed by atoms with Crippen molar-refractivity contribution >= 4 is 55.7 Å². The lowest BCUT2D eigenvalue weighted by molar-refractivity contribution is -0.131. The van der Waals surface area contributed by atoms with Crippen LogP contribution in [-0.4, -0.2) is 64.4 Å². The number of benzene rings is 1. The third-order valence-electron chi connectivity index (χ3n) is 5.69. The first-order chi connectivity index (χ1) is 15.7. The molecule has 1 aliphatic rings. The Balaban J connectivity index is 1.43. The van der Waals surface area contributed by atoms with Crippen LogP contribution in [0.25, 0.3) is 10.9 Å². The molecule has 0 atom stereocenters. The van der Waals surface area contributed by atoms with Gasteiger partial charge in [-0.2, -0.15) is 0 Å². The van der Waals surface area contributed by atoms with E-state index in [9.17, 15) is 23.1 Å². The summed E-state index contributed by atoms with van der Waals surface area (Å²) in [5.41, 5.74) is 0.224. The molecule has 1 aliphatic heterocycles. The molecule has 12 heteroatoms. The van der Waals surface area contributed by atoms with Crippen molar-refractivity contribution in [1.29, 1.82) is 0 Å². The van der Waals surface area contributed by atoms with E-state index in [0.29, 0.717) is 36.3 Å². The molecule has 1 saturated heterocycles. The Morgan fingerprint density at radius 1 is 1.24 bits per heavy atom. The Morgan fingerprint density at radius 2 is 1.97 bits per heavy atom. The molecule has 33 heavy (non-hydrogen) atoms. The number of likely N-dealkylation sites (tertiary alicyclic amines) is 1. The van der Waals surface area contributed by atoms with Gasteiger partial charge in [0.05, 0.1) is 17.3 Å². The molecule has 0 saturated carbocycles. The molecule has 2 aromatic heterocycles. The zero-order valence-corrected chi connectivity index (χ0v) is 20.2. The normalized spacial score (nSPS) is 15.9. The Kier molecular flexibility index (Phi) is 6.64. The molecule has 0 bridgehead atoms. The molecule has 4 rings (SSSR count). The first kappa shape index (κ1) is 23.5. The van der Waals surface area contributed by atoms with Crippen LogP contribution in [0, 0.1) is 0 Å². The maximum absolute atomic E-state index is 13.0. The van der Waals surface area contributed by atoms with E-state index in [0.717, 1.165) is 9.37 Å². The average molecular weight is 511 g/mol. The molecule has 0 aliphatic carbocycles. The van der Waals surface area contributed by atoms with E-state index in [1.54, 1.807) is 16.2 Å². The van der Waals surface area contributed by atoms with Gasteiger partial charge in [-0.15, -0.1) is 11.3 Å². The Morgan fingerprint density at radius 3 is 2.61 bits per heavy atom. The van der Waals surface area contributed by atoms with Crippen LogP contribution in [0.15, 0.2) is 45.9 Å². The number of sulfone groups is 1. The lowest BCUT2D eigenvalue weighted by atomic mass is 10.1. The van der Waals surface area contributed by atoms with Gasteiger partial charge in [-0.3, -0.25) is 9.79 Å². The van der Waals surface area contributed by atoms with E-state index in [2.05, 4.69) is 0 Å². The Hall–Kier alpha value is -2.63. The van der Waals surface area contributed by atoms with Crippen molar-refractivity contribution in [3.8, 4) is 0 Å². The van der Waals surface area contributed by atoms with Gasteiger partial charge in [0.1, 0.15) is 5.03 Å². The average Bonchev–Trinajstić information content (AvgIpc) is 3.36. The van der Waals surface area contributed by atoms with E-state index >= 15 is 0 Å². The maximum atomic E-state index is 13.0. The second-order valence-corrected chi connectivity index (χ2v) is 11.3. The molecule has 0 spiro atoms. The van der Waals surface area contributed by atoms with Crippen LogP contribution in [0.1, 0.15) is 19.3 Å². The van der Waals surface area contributed by atoms with Gasteiger partial charge in [0.25, 0.3) is 0 Å². The summed E-state index contributed by atoms with van der Waals surface area (Å²) in [6.07, 6.45) is 1.74. The van der Waals surface area contributed by atoms with Gasteiger partial charge in [-0.25, -0.2) is 17.8 Å². The molecule has 1 aromatic carbocycles. The van der Waals surface area contributed by atoms with E-state index in [1.807, 2.05) is 23.2 Å². The summed E-state index contributed by atoms with van der Waals surface area (Å²) < 4.78 is 28.6. The highest BCUT2D eigenvalue weighted by atomic mass is 35.5. The van der Waals surface area contributed by atoms with E-state index < -0.39 is 21.7 Å².